The Morgan fingerprint density at radius 1 is 1.30 bits per heavy atom. The molecule has 0 aromatic heterocycles. The molecule has 0 aromatic rings. The van der Waals surface area contributed by atoms with E-state index < -0.39 is 0 Å². The molecule has 5 nitrogen and oxygen atoms in total. The Bertz CT molecular complexity index is 83.1. The van der Waals surface area contributed by atoms with E-state index in [1.165, 1.54) is 13.8 Å². The maximum atomic E-state index is 9.44. The van der Waals surface area contributed by atoms with Crippen LogP contribution in [0.3, 0.4) is 0 Å². The monoisotopic (exact) mass is 147 g/mol. The van der Waals surface area contributed by atoms with Crippen LogP contribution in [0.4, 0.5) is 0 Å². The predicted molar refractivity (Wildman–Crippen MR) is 39.6 cm³/mol. The van der Waals surface area contributed by atoms with Crippen LogP contribution in [0, 0.1) is 5.41 Å². The summed E-state index contributed by atoms with van der Waals surface area (Å²) < 4.78 is 0. The van der Waals surface area contributed by atoms with Crippen LogP contribution < -0.4 is 11.5 Å². The van der Waals surface area contributed by atoms with Gasteiger partial charge in [-0.15, -0.1) is 0 Å². The molecule has 0 saturated heterocycles. The molecule has 0 unspecified atom stereocenters. The molecule has 0 saturated carbocycles. The molecule has 10 heavy (non-hydrogen) atoms. The lowest BCUT2D eigenvalue weighted by Crippen LogP contribution is -2.20. The van der Waals surface area contributed by atoms with Gasteiger partial charge >= 0.3 is 0 Å². The highest BCUT2D eigenvalue weighted by atomic mass is 16.1. The van der Waals surface area contributed by atoms with E-state index in [0.29, 0.717) is 0 Å². The Kier molecular flexibility index (Phi) is 24.8. The molecule has 0 rings (SSSR count). The zero-order valence-corrected chi connectivity index (χ0v) is 6.18. The first kappa shape index (κ1) is 15.8. The highest BCUT2D eigenvalue weighted by Gasteiger charge is 1.62. The van der Waals surface area contributed by atoms with E-state index in [9.17, 15) is 4.79 Å². The van der Waals surface area contributed by atoms with Gasteiger partial charge in [0, 0.05) is 0 Å². The van der Waals surface area contributed by atoms with Gasteiger partial charge < -0.3 is 21.1 Å². The van der Waals surface area contributed by atoms with E-state index in [1.807, 2.05) is 6.79 Å². The lowest BCUT2D eigenvalue weighted by atomic mass is 10.6. The number of Topliss-reactive ketones (excluding diaryl/α,β-unsaturated/α-hetero) is 1. The summed E-state index contributed by atoms with van der Waals surface area (Å²) in [6.45, 7) is 5.06. The standard InChI is InChI=1S/C3H6O.CH5N3.CH2O/c1-3(2)4;2-1(3)4;1-2/h1-2H3;(H5,2,3,4);1H2. The maximum Gasteiger partial charge on any atom is 0.183 e. The number of nitrogens with two attached hydrogens (primary N) is 2. The van der Waals surface area contributed by atoms with Crippen molar-refractivity contribution in [2.24, 2.45) is 11.5 Å². The Balaban J connectivity index is -0.0000000787. The lowest BCUT2D eigenvalue weighted by molar-refractivity contribution is -0.115. The molecule has 0 aromatic carbocycles. The molecule has 0 bridgehead atoms. The fourth-order valence-electron chi connectivity index (χ4n) is 0. The summed E-state index contributed by atoms with van der Waals surface area (Å²) in [6, 6.07) is 0. The van der Waals surface area contributed by atoms with Crippen LogP contribution in [0.1, 0.15) is 13.8 Å². The Morgan fingerprint density at radius 2 is 1.30 bits per heavy atom. The van der Waals surface area contributed by atoms with Crippen LogP contribution in [-0.4, -0.2) is 18.5 Å². The highest BCUT2D eigenvalue weighted by molar-refractivity contribution is 5.72. The number of carbonyl (C=O) groups is 2. The average Bonchev–Trinajstić information content (AvgIpc) is 1.66. The van der Waals surface area contributed by atoms with Crippen LogP contribution in [0.5, 0.6) is 0 Å². The van der Waals surface area contributed by atoms with Crippen molar-refractivity contribution in [3.63, 3.8) is 0 Å². The molecule has 60 valence electrons. The molecule has 0 heterocycles. The SMILES string of the molecule is C=O.CC(C)=O.N=C(N)N. The molecule has 5 N–H and O–H groups in total. The molecule has 0 aliphatic rings. The molecular formula is C5H13N3O2. The van der Waals surface area contributed by atoms with Gasteiger partial charge in [-0.25, -0.2) is 0 Å². The summed E-state index contributed by atoms with van der Waals surface area (Å²) in [5.74, 6) is -0.167. The largest absolute Gasteiger partial charge is 0.370 e. The number of nitrogens with one attached hydrogen (secondary N) is 1. The van der Waals surface area contributed by atoms with Crippen molar-refractivity contribution in [3.05, 3.63) is 0 Å². The van der Waals surface area contributed by atoms with Crippen molar-refractivity contribution in [3.8, 4) is 0 Å². The van der Waals surface area contributed by atoms with Gasteiger partial charge in [0.05, 0.1) is 0 Å². The summed E-state index contributed by atoms with van der Waals surface area (Å²) >= 11 is 0. The Morgan fingerprint density at radius 3 is 1.30 bits per heavy atom. The minimum absolute atomic E-state index is 0.167. The van der Waals surface area contributed by atoms with Crippen LogP contribution in [0.2, 0.25) is 0 Å². The van der Waals surface area contributed by atoms with Gasteiger partial charge in [0.15, 0.2) is 5.96 Å². The number of guanidine groups is 1. The summed E-state index contributed by atoms with van der Waals surface area (Å²) in [4.78, 5) is 17.4. The first-order valence-electron chi connectivity index (χ1n) is 2.32. The number of carbonyl (C=O) groups excluding carboxylic acids is 2. The van der Waals surface area contributed by atoms with Crippen molar-refractivity contribution in [2.75, 3.05) is 0 Å². The second kappa shape index (κ2) is 15.6. The molecule has 0 aliphatic heterocycles. The first-order valence-corrected chi connectivity index (χ1v) is 2.32. The molecule has 5 heteroatoms. The molecular weight excluding hydrogens is 134 g/mol. The van der Waals surface area contributed by atoms with Gasteiger partial charge in [0.2, 0.25) is 0 Å². The summed E-state index contributed by atoms with van der Waals surface area (Å²) in [5, 5.41) is 6.06. The Hall–Kier alpha value is -1.39. The minimum atomic E-state index is -0.333. The second-order valence-electron chi connectivity index (χ2n) is 1.36. The Labute approximate surface area is 59.9 Å². The van der Waals surface area contributed by atoms with Gasteiger partial charge in [0.1, 0.15) is 12.6 Å². The van der Waals surface area contributed by atoms with Crippen molar-refractivity contribution >= 4 is 18.5 Å². The molecule has 0 aliphatic carbocycles. The van der Waals surface area contributed by atoms with E-state index in [1.54, 1.807) is 0 Å². The molecule has 0 fully saturated rings. The van der Waals surface area contributed by atoms with Gasteiger partial charge in [-0.1, -0.05) is 0 Å². The van der Waals surface area contributed by atoms with Crippen LogP contribution in [0.15, 0.2) is 0 Å². The fourth-order valence-corrected chi connectivity index (χ4v) is 0. The van der Waals surface area contributed by atoms with Gasteiger partial charge in [-0.3, -0.25) is 5.41 Å². The van der Waals surface area contributed by atoms with E-state index >= 15 is 0 Å². The summed E-state index contributed by atoms with van der Waals surface area (Å²) in [7, 11) is 0. The third-order valence-corrected chi connectivity index (χ3v) is 0. The second-order valence-corrected chi connectivity index (χ2v) is 1.36. The normalized spacial score (nSPS) is 5.40. The topological polar surface area (TPSA) is 110 Å². The maximum absolute atomic E-state index is 9.44. The van der Waals surface area contributed by atoms with Crippen LogP contribution >= 0.6 is 0 Å². The molecule has 0 spiro atoms. The number of hydrogen-bond donors (Lipinski definition) is 3. The summed E-state index contributed by atoms with van der Waals surface area (Å²) in [5.41, 5.74) is 8.94. The van der Waals surface area contributed by atoms with E-state index in [0.717, 1.165) is 0 Å². The first-order chi connectivity index (χ1) is 4.46. The number of rotatable bonds is 0. The van der Waals surface area contributed by atoms with E-state index in [-0.39, 0.29) is 11.7 Å². The fraction of sp³-hybridized carbons (Fsp3) is 0.400. The van der Waals surface area contributed by atoms with Crippen molar-refractivity contribution in [1.82, 2.24) is 0 Å². The molecule has 0 amide bonds. The molecule has 0 radical (unpaired) electrons. The van der Waals surface area contributed by atoms with Crippen molar-refractivity contribution in [2.45, 2.75) is 13.8 Å². The number of ketones is 1. The zero-order chi connectivity index (χ0) is 9.15. The quantitative estimate of drug-likeness (QED) is 0.309. The number of hydrogen-bond acceptors (Lipinski definition) is 3. The average molecular weight is 147 g/mol. The summed E-state index contributed by atoms with van der Waals surface area (Å²) in [6.07, 6.45) is 0. The minimum Gasteiger partial charge on any atom is -0.370 e. The van der Waals surface area contributed by atoms with Crippen molar-refractivity contribution < 1.29 is 9.59 Å². The van der Waals surface area contributed by atoms with Crippen LogP contribution in [0.25, 0.3) is 0 Å². The van der Waals surface area contributed by atoms with Gasteiger partial charge in [-0.05, 0) is 13.8 Å². The third-order valence-electron chi connectivity index (χ3n) is 0. The lowest BCUT2D eigenvalue weighted by Gasteiger charge is -1.69. The van der Waals surface area contributed by atoms with Crippen molar-refractivity contribution in [1.29, 1.82) is 5.41 Å². The van der Waals surface area contributed by atoms with E-state index in [4.69, 9.17) is 10.2 Å². The smallest absolute Gasteiger partial charge is 0.183 e. The predicted octanol–water partition coefficient (Wildman–Crippen LogP) is -0.751. The van der Waals surface area contributed by atoms with Crippen LogP contribution in [-0.2, 0) is 9.59 Å². The third kappa shape index (κ3) is 108. The van der Waals surface area contributed by atoms with E-state index in [2.05, 4.69) is 11.5 Å². The zero-order valence-electron chi connectivity index (χ0n) is 6.18. The van der Waals surface area contributed by atoms with Gasteiger partial charge in [0.25, 0.3) is 0 Å². The highest BCUT2D eigenvalue weighted by Crippen LogP contribution is 1.50. The van der Waals surface area contributed by atoms with Gasteiger partial charge in [-0.2, -0.15) is 0 Å². The molecule has 0 atom stereocenters.